The number of aryl methyl sites for hydroxylation is 1. The van der Waals surface area contributed by atoms with Gasteiger partial charge in [-0.1, -0.05) is 15.9 Å². The van der Waals surface area contributed by atoms with E-state index in [1.54, 1.807) is 11.9 Å². The average molecular weight is 341 g/mol. The molecule has 1 aliphatic heterocycles. The molecule has 0 fully saturated rings. The van der Waals surface area contributed by atoms with Crippen LogP contribution in [0.1, 0.15) is 18.4 Å². The number of hydrogen-bond donors (Lipinski definition) is 1. The second kappa shape index (κ2) is 5.83. The predicted octanol–water partition coefficient (Wildman–Crippen LogP) is 2.41. The number of rotatable bonds is 3. The van der Waals surface area contributed by atoms with Crippen molar-refractivity contribution in [2.45, 2.75) is 19.8 Å². The highest BCUT2D eigenvalue weighted by molar-refractivity contribution is 9.10. The number of carboxylic acids is 1. The summed E-state index contributed by atoms with van der Waals surface area (Å²) in [5.74, 6) is -0.781. The molecule has 0 radical (unpaired) electrons. The minimum Gasteiger partial charge on any atom is -0.481 e. The molecule has 1 aromatic carbocycles. The van der Waals surface area contributed by atoms with Gasteiger partial charge >= 0.3 is 5.97 Å². The van der Waals surface area contributed by atoms with E-state index in [9.17, 15) is 9.59 Å². The molecule has 1 N–H and O–H groups in total. The van der Waals surface area contributed by atoms with E-state index < -0.39 is 5.97 Å². The first-order valence-electron chi connectivity index (χ1n) is 6.43. The van der Waals surface area contributed by atoms with Crippen molar-refractivity contribution in [3.05, 3.63) is 22.2 Å². The molecule has 0 atom stereocenters. The van der Waals surface area contributed by atoms with Crippen LogP contribution < -0.4 is 9.80 Å². The van der Waals surface area contributed by atoms with Gasteiger partial charge in [0.05, 0.1) is 17.8 Å². The average Bonchev–Trinajstić information content (AvgIpc) is 2.46. The summed E-state index contributed by atoms with van der Waals surface area (Å²) < 4.78 is 0.928. The number of carboxylic acid groups (broad SMARTS) is 1. The first-order chi connectivity index (χ1) is 9.40. The van der Waals surface area contributed by atoms with Crippen molar-refractivity contribution in [1.82, 2.24) is 0 Å². The summed E-state index contributed by atoms with van der Waals surface area (Å²) in [6.07, 6.45) is 0.449. The van der Waals surface area contributed by atoms with E-state index in [1.165, 1.54) is 0 Å². The van der Waals surface area contributed by atoms with E-state index in [-0.39, 0.29) is 12.3 Å². The summed E-state index contributed by atoms with van der Waals surface area (Å²) in [4.78, 5) is 26.5. The van der Waals surface area contributed by atoms with Crippen LogP contribution in [0.3, 0.4) is 0 Å². The lowest BCUT2D eigenvalue weighted by molar-refractivity contribution is -0.136. The highest BCUT2D eigenvalue weighted by atomic mass is 79.9. The minimum absolute atomic E-state index is 0.0505. The van der Waals surface area contributed by atoms with Gasteiger partial charge in [0.2, 0.25) is 5.91 Å². The summed E-state index contributed by atoms with van der Waals surface area (Å²) in [6, 6.07) is 3.91. The molecule has 20 heavy (non-hydrogen) atoms. The van der Waals surface area contributed by atoms with Gasteiger partial charge < -0.3 is 14.9 Å². The molecule has 5 nitrogen and oxygen atoms in total. The maximum atomic E-state index is 12.1. The Bertz CT molecular complexity index is 560. The monoisotopic (exact) mass is 340 g/mol. The molecule has 1 aromatic rings. The highest BCUT2D eigenvalue weighted by Gasteiger charge is 2.25. The van der Waals surface area contributed by atoms with Gasteiger partial charge in [-0.3, -0.25) is 9.59 Å². The second-order valence-electron chi connectivity index (χ2n) is 4.92. The third kappa shape index (κ3) is 2.95. The number of benzene rings is 1. The standard InChI is InChI=1S/C14H17BrN2O3/c1-9-7-10(15)8-11-14(9)16(2)12(18)3-5-17(11)6-4-13(19)20/h7-8H,3-6H2,1-2H3,(H,19,20). The maximum absolute atomic E-state index is 12.1. The topological polar surface area (TPSA) is 60.9 Å². The van der Waals surface area contributed by atoms with Crippen molar-refractivity contribution in [2.75, 3.05) is 29.9 Å². The van der Waals surface area contributed by atoms with Crippen LogP contribution in [-0.4, -0.2) is 37.1 Å². The molecule has 1 aliphatic rings. The summed E-state index contributed by atoms with van der Waals surface area (Å²) in [7, 11) is 1.77. The normalized spacial score (nSPS) is 15.1. The van der Waals surface area contributed by atoms with E-state index in [4.69, 9.17) is 5.11 Å². The molecule has 0 aliphatic carbocycles. The van der Waals surface area contributed by atoms with Crippen LogP contribution in [0.25, 0.3) is 0 Å². The van der Waals surface area contributed by atoms with Gasteiger partial charge in [-0.2, -0.15) is 0 Å². The third-order valence-electron chi connectivity index (χ3n) is 3.49. The third-order valence-corrected chi connectivity index (χ3v) is 3.94. The molecular formula is C14H17BrN2O3. The van der Waals surface area contributed by atoms with Crippen LogP contribution in [0.4, 0.5) is 11.4 Å². The molecule has 0 aromatic heterocycles. The van der Waals surface area contributed by atoms with Crippen LogP contribution in [0.2, 0.25) is 0 Å². The van der Waals surface area contributed by atoms with Gasteiger partial charge in [-0.05, 0) is 24.6 Å². The summed E-state index contributed by atoms with van der Waals surface area (Å²) >= 11 is 3.46. The van der Waals surface area contributed by atoms with Crippen molar-refractivity contribution < 1.29 is 14.7 Å². The van der Waals surface area contributed by atoms with E-state index in [1.807, 2.05) is 24.0 Å². The van der Waals surface area contributed by atoms with Crippen molar-refractivity contribution in [3.63, 3.8) is 0 Å². The molecule has 108 valence electrons. The number of carbonyl (C=O) groups is 2. The van der Waals surface area contributed by atoms with E-state index in [0.29, 0.717) is 19.5 Å². The maximum Gasteiger partial charge on any atom is 0.305 e. The number of fused-ring (bicyclic) bond motifs is 1. The molecule has 2 rings (SSSR count). The van der Waals surface area contributed by atoms with Crippen molar-refractivity contribution in [1.29, 1.82) is 0 Å². The summed E-state index contributed by atoms with van der Waals surface area (Å²) in [6.45, 7) is 2.90. The predicted molar refractivity (Wildman–Crippen MR) is 81.4 cm³/mol. The number of aliphatic carboxylic acids is 1. The molecule has 6 heteroatoms. The quantitative estimate of drug-likeness (QED) is 0.917. The lowest BCUT2D eigenvalue weighted by Crippen LogP contribution is -2.27. The van der Waals surface area contributed by atoms with E-state index in [2.05, 4.69) is 15.9 Å². The zero-order chi connectivity index (χ0) is 14.9. The van der Waals surface area contributed by atoms with Crippen molar-refractivity contribution in [3.8, 4) is 0 Å². The first-order valence-corrected chi connectivity index (χ1v) is 7.23. The zero-order valence-corrected chi connectivity index (χ0v) is 13.1. The number of nitrogens with zero attached hydrogens (tertiary/aromatic N) is 2. The summed E-state index contributed by atoms with van der Waals surface area (Å²) in [5.41, 5.74) is 2.76. The van der Waals surface area contributed by atoms with Gasteiger partial charge in [0.15, 0.2) is 0 Å². The fourth-order valence-corrected chi connectivity index (χ4v) is 3.06. The molecule has 0 bridgehead atoms. The number of hydrogen-bond acceptors (Lipinski definition) is 3. The molecule has 0 saturated heterocycles. The SMILES string of the molecule is Cc1cc(Br)cc2c1N(C)C(=O)CCN2CCC(=O)O. The second-order valence-corrected chi connectivity index (χ2v) is 5.84. The van der Waals surface area contributed by atoms with Crippen LogP contribution in [0.5, 0.6) is 0 Å². The first kappa shape index (κ1) is 14.8. The summed E-state index contributed by atoms with van der Waals surface area (Å²) in [5, 5.41) is 8.86. The Labute approximate surface area is 126 Å². The van der Waals surface area contributed by atoms with Gasteiger partial charge in [-0.25, -0.2) is 0 Å². The smallest absolute Gasteiger partial charge is 0.305 e. The fraction of sp³-hybridized carbons (Fsp3) is 0.429. The minimum atomic E-state index is -0.831. The number of halogens is 1. The molecule has 1 amide bonds. The Morgan fingerprint density at radius 1 is 1.45 bits per heavy atom. The van der Waals surface area contributed by atoms with Gasteiger partial charge in [0, 0.05) is 31.0 Å². The van der Waals surface area contributed by atoms with E-state index in [0.717, 1.165) is 21.4 Å². The zero-order valence-electron chi connectivity index (χ0n) is 11.5. The Kier molecular flexibility index (Phi) is 4.32. The van der Waals surface area contributed by atoms with Gasteiger partial charge in [0.25, 0.3) is 0 Å². The lowest BCUT2D eigenvalue weighted by Gasteiger charge is -2.26. The molecule has 0 spiro atoms. The molecule has 1 heterocycles. The number of amides is 1. The number of anilines is 2. The Morgan fingerprint density at radius 3 is 2.80 bits per heavy atom. The fourth-order valence-electron chi connectivity index (χ4n) is 2.50. The van der Waals surface area contributed by atoms with Crippen LogP contribution in [0.15, 0.2) is 16.6 Å². The molecule has 0 unspecified atom stereocenters. The largest absolute Gasteiger partial charge is 0.481 e. The Morgan fingerprint density at radius 2 is 2.15 bits per heavy atom. The number of carbonyl (C=O) groups excluding carboxylic acids is 1. The Hall–Kier alpha value is -1.56. The van der Waals surface area contributed by atoms with Crippen molar-refractivity contribution in [2.24, 2.45) is 0 Å². The van der Waals surface area contributed by atoms with Crippen LogP contribution in [-0.2, 0) is 9.59 Å². The van der Waals surface area contributed by atoms with Crippen molar-refractivity contribution >= 4 is 39.2 Å². The van der Waals surface area contributed by atoms with E-state index >= 15 is 0 Å². The highest BCUT2D eigenvalue weighted by Crippen LogP contribution is 2.37. The lowest BCUT2D eigenvalue weighted by atomic mass is 10.1. The van der Waals surface area contributed by atoms with Gasteiger partial charge in [0.1, 0.15) is 0 Å². The molecular weight excluding hydrogens is 324 g/mol. The van der Waals surface area contributed by atoms with Crippen LogP contribution >= 0.6 is 15.9 Å². The molecule has 0 saturated carbocycles. The van der Waals surface area contributed by atoms with Crippen LogP contribution in [0, 0.1) is 6.92 Å². The Balaban J connectivity index is 2.46. The van der Waals surface area contributed by atoms with Gasteiger partial charge in [-0.15, -0.1) is 0 Å².